The van der Waals surface area contributed by atoms with Gasteiger partial charge in [0.2, 0.25) is 0 Å². The number of para-hydroxylation sites is 1. The number of nitrogens with one attached hydrogen (secondary N) is 1. The Morgan fingerprint density at radius 2 is 2.19 bits per heavy atom. The van der Waals surface area contributed by atoms with E-state index in [1.165, 1.54) is 10.4 Å². The number of thioether (sulfide) groups is 1. The first-order chi connectivity index (χ1) is 13.2. The minimum Gasteiger partial charge on any atom is -0.309 e. The van der Waals surface area contributed by atoms with E-state index in [0.717, 1.165) is 45.4 Å². The molecule has 1 aliphatic rings. The highest BCUT2D eigenvalue weighted by Gasteiger charge is 2.23. The first-order valence-corrected chi connectivity index (χ1v) is 10.8. The molecule has 0 spiro atoms. The van der Waals surface area contributed by atoms with E-state index in [-0.39, 0.29) is 5.56 Å². The maximum absolute atomic E-state index is 12.7. The zero-order valence-electron chi connectivity index (χ0n) is 14.9. The fourth-order valence-corrected chi connectivity index (χ4v) is 5.96. The van der Waals surface area contributed by atoms with E-state index in [2.05, 4.69) is 21.9 Å². The van der Waals surface area contributed by atoms with Crippen LogP contribution in [-0.4, -0.2) is 19.9 Å². The first-order valence-electron chi connectivity index (χ1n) is 9.05. The molecule has 4 aromatic rings. The fraction of sp³-hybridized carbons (Fsp3) is 0.300. The number of fused-ring (bicyclic) bond motifs is 4. The molecule has 1 N–H and O–H groups in total. The molecule has 0 aliphatic heterocycles. The van der Waals surface area contributed by atoms with E-state index >= 15 is 0 Å². The lowest BCUT2D eigenvalue weighted by Crippen LogP contribution is -2.14. The predicted octanol–water partition coefficient (Wildman–Crippen LogP) is 4.34. The fourth-order valence-electron chi connectivity index (χ4n) is 3.69. The van der Waals surface area contributed by atoms with Crippen LogP contribution in [0, 0.1) is 5.92 Å². The molecule has 1 aliphatic carbocycles. The van der Waals surface area contributed by atoms with Crippen molar-refractivity contribution in [3.63, 3.8) is 0 Å². The normalized spacial score (nSPS) is 16.7. The summed E-state index contributed by atoms with van der Waals surface area (Å²) in [7, 11) is 0. The molecule has 0 amide bonds. The van der Waals surface area contributed by atoms with Gasteiger partial charge in [-0.05, 0) is 36.8 Å². The van der Waals surface area contributed by atoms with E-state index in [1.807, 2.05) is 24.3 Å². The van der Waals surface area contributed by atoms with Crippen molar-refractivity contribution >= 4 is 44.2 Å². The highest BCUT2D eigenvalue weighted by atomic mass is 32.2. The third-order valence-corrected chi connectivity index (χ3v) is 7.23. The van der Waals surface area contributed by atoms with Crippen LogP contribution in [0.3, 0.4) is 0 Å². The standard InChI is InChI=1S/C20H18N4OS2/c1-11-6-7-13-15(8-11)27-20-17(13)18(25)23-16(24-20)9-26-19-12-4-2-3-5-14(12)21-10-22-19/h2-5,10-11H,6-9H2,1H3,(H,23,24,25)/t11-/m1/s1. The van der Waals surface area contributed by atoms with Gasteiger partial charge in [0.1, 0.15) is 22.0 Å². The van der Waals surface area contributed by atoms with Gasteiger partial charge in [-0.25, -0.2) is 15.0 Å². The molecule has 0 saturated carbocycles. The molecule has 0 unspecified atom stereocenters. The van der Waals surface area contributed by atoms with Gasteiger partial charge in [-0.2, -0.15) is 0 Å². The number of aryl methyl sites for hydroxylation is 1. The molecule has 1 aromatic carbocycles. The summed E-state index contributed by atoms with van der Waals surface area (Å²) in [6.45, 7) is 2.28. The summed E-state index contributed by atoms with van der Waals surface area (Å²) in [5.41, 5.74) is 2.14. The number of thiophene rings is 1. The lowest BCUT2D eigenvalue weighted by atomic mass is 9.89. The van der Waals surface area contributed by atoms with Crippen molar-refractivity contribution < 1.29 is 0 Å². The van der Waals surface area contributed by atoms with Crippen LogP contribution in [0.5, 0.6) is 0 Å². The molecule has 1 atom stereocenters. The molecule has 5 nitrogen and oxygen atoms in total. The number of aromatic nitrogens is 4. The zero-order valence-corrected chi connectivity index (χ0v) is 16.5. The third-order valence-electron chi connectivity index (χ3n) is 5.07. The second-order valence-electron chi connectivity index (χ2n) is 7.03. The van der Waals surface area contributed by atoms with E-state index in [1.54, 1.807) is 29.4 Å². The minimum atomic E-state index is -0.00445. The second kappa shape index (κ2) is 6.73. The van der Waals surface area contributed by atoms with E-state index in [9.17, 15) is 4.79 Å². The Hall–Kier alpha value is -2.25. The summed E-state index contributed by atoms with van der Waals surface area (Å²) in [6, 6.07) is 7.95. The number of aromatic amines is 1. The Morgan fingerprint density at radius 1 is 1.30 bits per heavy atom. The molecule has 0 bridgehead atoms. The van der Waals surface area contributed by atoms with Gasteiger partial charge < -0.3 is 4.98 Å². The Labute approximate surface area is 164 Å². The van der Waals surface area contributed by atoms with Gasteiger partial charge in [0.05, 0.1) is 16.7 Å². The van der Waals surface area contributed by atoms with Crippen molar-refractivity contribution in [2.24, 2.45) is 5.92 Å². The van der Waals surface area contributed by atoms with Gasteiger partial charge in [-0.1, -0.05) is 36.9 Å². The van der Waals surface area contributed by atoms with Gasteiger partial charge >= 0.3 is 0 Å². The van der Waals surface area contributed by atoms with Gasteiger partial charge in [-0.15, -0.1) is 11.3 Å². The van der Waals surface area contributed by atoms with E-state index in [0.29, 0.717) is 17.5 Å². The van der Waals surface area contributed by atoms with Crippen molar-refractivity contribution in [3.05, 3.63) is 57.2 Å². The number of hydrogen-bond donors (Lipinski definition) is 1. The van der Waals surface area contributed by atoms with Crippen LogP contribution in [-0.2, 0) is 18.6 Å². The quantitative estimate of drug-likeness (QED) is 0.413. The Bertz CT molecular complexity index is 1210. The van der Waals surface area contributed by atoms with Crippen molar-refractivity contribution in [1.29, 1.82) is 0 Å². The summed E-state index contributed by atoms with van der Waals surface area (Å²) in [4.78, 5) is 31.4. The summed E-state index contributed by atoms with van der Waals surface area (Å²) in [6.07, 6.45) is 4.78. The Kier molecular flexibility index (Phi) is 4.21. The molecular weight excluding hydrogens is 376 g/mol. The predicted molar refractivity (Wildman–Crippen MR) is 111 cm³/mol. The highest BCUT2D eigenvalue weighted by molar-refractivity contribution is 7.98. The average molecular weight is 395 g/mol. The van der Waals surface area contributed by atoms with Crippen molar-refractivity contribution in [2.45, 2.75) is 37.0 Å². The molecule has 3 heterocycles. The van der Waals surface area contributed by atoms with E-state index in [4.69, 9.17) is 4.98 Å². The Morgan fingerprint density at radius 3 is 3.11 bits per heavy atom. The van der Waals surface area contributed by atoms with Crippen molar-refractivity contribution in [3.8, 4) is 0 Å². The summed E-state index contributed by atoms with van der Waals surface area (Å²) in [5.74, 6) is 1.96. The number of benzene rings is 1. The van der Waals surface area contributed by atoms with Crippen LogP contribution in [0.15, 0.2) is 40.4 Å². The van der Waals surface area contributed by atoms with Gasteiger partial charge in [0.15, 0.2) is 0 Å². The Balaban J connectivity index is 1.48. The van der Waals surface area contributed by atoms with E-state index < -0.39 is 0 Å². The molecular formula is C20H18N4OS2. The smallest absolute Gasteiger partial charge is 0.259 e. The topological polar surface area (TPSA) is 71.5 Å². The molecule has 3 aromatic heterocycles. The van der Waals surface area contributed by atoms with Crippen LogP contribution < -0.4 is 5.56 Å². The van der Waals surface area contributed by atoms with Gasteiger partial charge in [0, 0.05) is 10.3 Å². The maximum Gasteiger partial charge on any atom is 0.259 e. The highest BCUT2D eigenvalue weighted by Crippen LogP contribution is 2.36. The molecule has 5 rings (SSSR count). The molecule has 136 valence electrons. The maximum atomic E-state index is 12.7. The number of rotatable bonds is 3. The molecule has 0 fully saturated rings. The number of H-pyrrole nitrogens is 1. The third kappa shape index (κ3) is 3.04. The second-order valence-corrected chi connectivity index (χ2v) is 9.08. The monoisotopic (exact) mass is 394 g/mol. The zero-order chi connectivity index (χ0) is 18.4. The SMILES string of the molecule is C[C@@H]1CCc2c(sc3nc(CSc4ncnc5ccccc45)[nH]c(=O)c23)C1. The van der Waals surface area contributed by atoms with Gasteiger partial charge in [-0.3, -0.25) is 4.79 Å². The van der Waals surface area contributed by atoms with Crippen LogP contribution in [0.25, 0.3) is 21.1 Å². The van der Waals surface area contributed by atoms with Gasteiger partial charge in [0.25, 0.3) is 5.56 Å². The van der Waals surface area contributed by atoms with Crippen LogP contribution >= 0.6 is 23.1 Å². The summed E-state index contributed by atoms with van der Waals surface area (Å²) in [5, 5.41) is 2.74. The van der Waals surface area contributed by atoms with Crippen LogP contribution in [0.2, 0.25) is 0 Å². The van der Waals surface area contributed by atoms with Crippen molar-refractivity contribution in [1.82, 2.24) is 19.9 Å². The van der Waals surface area contributed by atoms with Crippen LogP contribution in [0.1, 0.15) is 29.6 Å². The molecule has 0 saturated heterocycles. The molecule has 0 radical (unpaired) electrons. The first kappa shape index (κ1) is 16.9. The number of hydrogen-bond acceptors (Lipinski definition) is 6. The summed E-state index contributed by atoms with van der Waals surface area (Å²) < 4.78 is 0. The lowest BCUT2D eigenvalue weighted by Gasteiger charge is -2.17. The number of nitrogens with zero attached hydrogens (tertiary/aromatic N) is 3. The summed E-state index contributed by atoms with van der Waals surface area (Å²) >= 11 is 3.27. The largest absolute Gasteiger partial charge is 0.309 e. The van der Waals surface area contributed by atoms with Crippen LogP contribution in [0.4, 0.5) is 0 Å². The lowest BCUT2D eigenvalue weighted by molar-refractivity contribution is 0.509. The molecule has 7 heteroatoms. The van der Waals surface area contributed by atoms with Crippen molar-refractivity contribution in [2.75, 3.05) is 0 Å². The minimum absolute atomic E-state index is 0.00445. The molecule has 27 heavy (non-hydrogen) atoms. The average Bonchev–Trinajstić information content (AvgIpc) is 3.04.